The van der Waals surface area contributed by atoms with Crippen molar-refractivity contribution in [2.75, 3.05) is 18.0 Å². The van der Waals surface area contributed by atoms with Gasteiger partial charge in [0.2, 0.25) is 0 Å². The molecule has 80 valence electrons. The summed E-state index contributed by atoms with van der Waals surface area (Å²) in [6.45, 7) is 0.810. The predicted octanol–water partition coefficient (Wildman–Crippen LogP) is 1.79. The second kappa shape index (κ2) is 3.90. The van der Waals surface area contributed by atoms with Crippen LogP contribution in [0.2, 0.25) is 0 Å². The summed E-state index contributed by atoms with van der Waals surface area (Å²) in [5.74, 6) is 0. The Labute approximate surface area is 90.7 Å². The molecule has 4 heteroatoms. The molecule has 0 amide bonds. The highest BCUT2D eigenvalue weighted by molar-refractivity contribution is 7.19. The number of carbonyl (C=O) groups excluding carboxylic acids is 1. The van der Waals surface area contributed by atoms with Crippen LogP contribution in [0, 0.1) is 0 Å². The lowest BCUT2D eigenvalue weighted by atomic mass is 10.1. The summed E-state index contributed by atoms with van der Waals surface area (Å²) >= 11 is 0. The van der Waals surface area contributed by atoms with Crippen molar-refractivity contribution in [2.45, 2.75) is 11.8 Å². The topological polar surface area (TPSA) is 20.3 Å². The minimum absolute atomic E-state index is 0.405. The average molecular weight is 225 g/mol. The van der Waals surface area contributed by atoms with E-state index in [4.69, 9.17) is 0 Å². The Kier molecular flexibility index (Phi) is 2.74. The zero-order valence-electron chi connectivity index (χ0n) is 8.32. The van der Waals surface area contributed by atoms with E-state index < -0.39 is 5.41 Å². The molecular weight excluding hydrogens is 212 g/mol. The quantitative estimate of drug-likeness (QED) is 0.577. The zero-order chi connectivity index (χ0) is 10.9. The van der Waals surface area contributed by atoms with E-state index in [2.05, 4.69) is 9.24 Å². The molecule has 0 bridgehead atoms. The third-order valence-electron chi connectivity index (χ3n) is 2.50. The van der Waals surface area contributed by atoms with Crippen LogP contribution in [0.25, 0.3) is 0 Å². The van der Waals surface area contributed by atoms with Crippen LogP contribution in [0.3, 0.4) is 0 Å². The normalized spacial score (nSPS) is 18.4. The Bertz CT molecular complexity index is 373. The molecule has 0 radical (unpaired) electrons. The van der Waals surface area contributed by atoms with Crippen molar-refractivity contribution >= 4 is 21.2 Å². The molecule has 1 aliphatic heterocycles. The van der Waals surface area contributed by atoms with Crippen molar-refractivity contribution in [3.05, 3.63) is 29.8 Å². The van der Waals surface area contributed by atoms with Gasteiger partial charge in [0.15, 0.2) is 5.41 Å². The van der Waals surface area contributed by atoms with Gasteiger partial charge in [-0.05, 0) is 17.7 Å². The van der Waals surface area contributed by atoms with Gasteiger partial charge in [0.05, 0.1) is 13.1 Å². The van der Waals surface area contributed by atoms with Gasteiger partial charge in [-0.2, -0.15) is 0 Å². The summed E-state index contributed by atoms with van der Waals surface area (Å²) in [5.41, 5.74) is 1.97. The lowest BCUT2D eigenvalue weighted by molar-refractivity contribution is -0.107. The highest BCUT2D eigenvalue weighted by atomic mass is 31.0. The largest absolute Gasteiger partial charge is 0.364 e. The number of anilines is 1. The molecule has 1 aromatic rings. The highest BCUT2D eigenvalue weighted by Gasteiger charge is 2.39. The Morgan fingerprint density at radius 2 is 2.27 bits per heavy atom. The van der Waals surface area contributed by atoms with Crippen molar-refractivity contribution in [1.82, 2.24) is 0 Å². The average Bonchev–Trinajstić information content (AvgIpc) is 2.15. The number of halogens is 1. The lowest BCUT2D eigenvalue weighted by Crippen LogP contribution is -2.55. The van der Waals surface area contributed by atoms with Gasteiger partial charge in [-0.3, -0.25) is 0 Å². The molecule has 1 aliphatic rings. The van der Waals surface area contributed by atoms with Gasteiger partial charge < -0.3 is 9.69 Å². The van der Waals surface area contributed by atoms with Gasteiger partial charge in [0, 0.05) is 12.1 Å². The van der Waals surface area contributed by atoms with Gasteiger partial charge in [0.25, 0.3) is 0 Å². The number of carbonyl (C=O) groups is 1. The van der Waals surface area contributed by atoms with E-state index in [1.54, 1.807) is 0 Å². The molecule has 2 rings (SSSR count). The van der Waals surface area contributed by atoms with Crippen LogP contribution in [-0.2, 0) is 11.2 Å². The molecule has 15 heavy (non-hydrogen) atoms. The Balaban J connectivity index is 2.09. The van der Waals surface area contributed by atoms with E-state index in [9.17, 15) is 9.18 Å². The fourth-order valence-electron chi connectivity index (χ4n) is 1.75. The molecular formula is C11H13FNOP. The molecule has 0 aliphatic carbocycles. The molecule has 0 saturated carbocycles. The monoisotopic (exact) mass is 225 g/mol. The van der Waals surface area contributed by atoms with Crippen LogP contribution >= 0.6 is 9.24 Å². The first-order valence-electron chi connectivity index (χ1n) is 4.86. The molecule has 1 aromatic carbocycles. The van der Waals surface area contributed by atoms with Gasteiger partial charge in [-0.1, -0.05) is 21.4 Å². The molecule has 1 unspecified atom stereocenters. The second-order valence-electron chi connectivity index (χ2n) is 3.93. The van der Waals surface area contributed by atoms with Crippen LogP contribution in [0.1, 0.15) is 5.56 Å². The maximum absolute atomic E-state index is 13.3. The number of nitrogens with zero attached hydrogens (tertiary/aromatic N) is 1. The molecule has 1 atom stereocenters. The number of rotatable bonds is 3. The number of benzene rings is 1. The van der Waals surface area contributed by atoms with E-state index in [1.807, 2.05) is 29.2 Å². The van der Waals surface area contributed by atoms with Crippen LogP contribution in [0.15, 0.2) is 24.3 Å². The zero-order valence-corrected chi connectivity index (χ0v) is 9.47. The number of alkyl halides is 1. The maximum atomic E-state index is 13.3. The van der Waals surface area contributed by atoms with Crippen LogP contribution < -0.4 is 4.90 Å². The van der Waals surface area contributed by atoms with E-state index in [1.165, 1.54) is 0 Å². The molecule has 1 saturated heterocycles. The summed E-state index contributed by atoms with van der Waals surface area (Å²) in [5, 5.41) is -1.14. The lowest BCUT2D eigenvalue weighted by Gasteiger charge is -2.43. The summed E-state index contributed by atoms with van der Waals surface area (Å²) in [4.78, 5) is 12.3. The van der Waals surface area contributed by atoms with E-state index in [0.717, 1.165) is 17.5 Å². The van der Waals surface area contributed by atoms with Crippen molar-refractivity contribution < 1.29 is 9.18 Å². The van der Waals surface area contributed by atoms with Crippen LogP contribution in [-0.4, -0.2) is 24.8 Å². The fraction of sp³-hybridized carbons (Fsp3) is 0.364. The van der Waals surface area contributed by atoms with Crippen molar-refractivity contribution in [3.63, 3.8) is 0 Å². The summed E-state index contributed by atoms with van der Waals surface area (Å²) in [7, 11) is 2.22. The maximum Gasteiger partial charge on any atom is 0.158 e. The number of hydrogen-bond donors (Lipinski definition) is 0. The molecule has 1 fully saturated rings. The molecule has 1 heterocycles. The Morgan fingerprint density at radius 1 is 1.53 bits per heavy atom. The summed E-state index contributed by atoms with van der Waals surface area (Å²) < 4.78 is 13.3. The molecule has 0 aromatic heterocycles. The minimum atomic E-state index is -1.14. The van der Waals surface area contributed by atoms with Crippen molar-refractivity contribution in [3.8, 4) is 0 Å². The van der Waals surface area contributed by atoms with Crippen molar-refractivity contribution in [2.24, 2.45) is 0 Å². The molecule has 2 nitrogen and oxygen atoms in total. The number of aldehydes is 1. The number of hydrogen-bond acceptors (Lipinski definition) is 2. The minimum Gasteiger partial charge on any atom is -0.364 e. The Morgan fingerprint density at radius 3 is 2.87 bits per heavy atom. The third kappa shape index (κ3) is 2.35. The first-order chi connectivity index (χ1) is 7.11. The highest BCUT2D eigenvalue weighted by Crippen LogP contribution is 2.35. The van der Waals surface area contributed by atoms with Gasteiger partial charge in [0.1, 0.15) is 6.29 Å². The predicted molar refractivity (Wildman–Crippen MR) is 62.0 cm³/mol. The van der Waals surface area contributed by atoms with E-state index in [0.29, 0.717) is 19.5 Å². The Hall–Kier alpha value is -0.950. The van der Waals surface area contributed by atoms with Crippen LogP contribution in [0.5, 0.6) is 0 Å². The standard InChI is InChI=1S/C11H13FNOP/c12-11(15)7-13(8-11)10-3-1-2-9(6-10)4-5-14/h1-3,5-6H,4,7-8,15H2. The smallest absolute Gasteiger partial charge is 0.158 e. The first-order valence-corrected chi connectivity index (χ1v) is 5.44. The second-order valence-corrected chi connectivity index (χ2v) is 4.97. The van der Waals surface area contributed by atoms with Crippen molar-refractivity contribution in [1.29, 1.82) is 0 Å². The molecule has 0 spiro atoms. The van der Waals surface area contributed by atoms with E-state index in [-0.39, 0.29) is 0 Å². The van der Waals surface area contributed by atoms with Crippen LogP contribution in [0.4, 0.5) is 10.1 Å². The summed E-state index contributed by atoms with van der Waals surface area (Å²) in [6.07, 6.45) is 1.30. The van der Waals surface area contributed by atoms with E-state index >= 15 is 0 Å². The molecule has 0 N–H and O–H groups in total. The van der Waals surface area contributed by atoms with Gasteiger partial charge >= 0.3 is 0 Å². The SMILES string of the molecule is O=CCc1cccc(N2CC(F)(P)C2)c1. The fourth-order valence-corrected chi connectivity index (χ4v) is 2.19. The summed E-state index contributed by atoms with van der Waals surface area (Å²) in [6, 6.07) is 7.68. The van der Waals surface area contributed by atoms with Gasteiger partial charge in [-0.25, -0.2) is 4.39 Å². The third-order valence-corrected chi connectivity index (χ3v) is 2.87. The first kappa shape index (κ1) is 10.6. The van der Waals surface area contributed by atoms with Gasteiger partial charge in [-0.15, -0.1) is 0 Å².